The fourth-order valence-corrected chi connectivity index (χ4v) is 6.26. The molecule has 3 aliphatic carbocycles. The van der Waals surface area contributed by atoms with E-state index in [4.69, 9.17) is 0 Å². The fraction of sp³-hybridized carbons (Fsp3) is 1.00. The van der Waals surface area contributed by atoms with Crippen molar-refractivity contribution in [1.29, 1.82) is 0 Å². The molecule has 0 aromatic heterocycles. The van der Waals surface area contributed by atoms with E-state index in [-0.39, 0.29) is 17.9 Å². The molecule has 0 saturated heterocycles. The Kier molecular flexibility index (Phi) is 2.39. The largest absolute Gasteiger partial charge is 0.393 e. The topological polar surface area (TPSA) is 40.5 Å². The van der Waals surface area contributed by atoms with E-state index in [1.165, 1.54) is 12.8 Å². The maximum atomic E-state index is 10.8. The van der Waals surface area contributed by atoms with E-state index in [0.29, 0.717) is 10.8 Å². The molecule has 1 unspecified atom stereocenters. The van der Waals surface area contributed by atoms with Gasteiger partial charge in [-0.05, 0) is 60.2 Å². The first-order valence-corrected chi connectivity index (χ1v) is 7.57. The second-order valence-electron chi connectivity index (χ2n) is 8.17. The lowest BCUT2D eigenvalue weighted by Gasteiger charge is -2.47. The van der Waals surface area contributed by atoms with E-state index in [2.05, 4.69) is 27.7 Å². The minimum absolute atomic E-state index is 0.0678. The van der Waals surface area contributed by atoms with Gasteiger partial charge in [-0.3, -0.25) is 0 Å². The van der Waals surface area contributed by atoms with E-state index in [9.17, 15) is 10.2 Å². The Morgan fingerprint density at radius 2 is 1.78 bits per heavy atom. The minimum atomic E-state index is -0.832. The number of aliphatic hydroxyl groups is 2. The Hall–Kier alpha value is -0.0800. The Labute approximate surface area is 111 Å². The van der Waals surface area contributed by atoms with Gasteiger partial charge in [0, 0.05) is 0 Å². The highest BCUT2D eigenvalue weighted by Crippen LogP contribution is 2.79. The SMILES string of the molecule is C[C@@H]1CC[C@@]2(C)C(C)(C)[C@H]3C[C@@]12CCC3(O)CO. The summed E-state index contributed by atoms with van der Waals surface area (Å²) in [5.41, 5.74) is 0.0554. The van der Waals surface area contributed by atoms with Gasteiger partial charge < -0.3 is 10.2 Å². The summed E-state index contributed by atoms with van der Waals surface area (Å²) in [6.07, 6.45) is 5.64. The van der Waals surface area contributed by atoms with Gasteiger partial charge in [0.1, 0.15) is 0 Å². The average molecular weight is 252 g/mol. The van der Waals surface area contributed by atoms with Crippen LogP contribution in [-0.2, 0) is 0 Å². The van der Waals surface area contributed by atoms with Crippen molar-refractivity contribution in [3.05, 3.63) is 0 Å². The van der Waals surface area contributed by atoms with Crippen LogP contribution in [0.5, 0.6) is 0 Å². The molecule has 0 aliphatic heterocycles. The summed E-state index contributed by atoms with van der Waals surface area (Å²) in [5, 5.41) is 20.5. The van der Waals surface area contributed by atoms with Gasteiger partial charge in [-0.1, -0.05) is 27.7 Å². The highest BCUT2D eigenvalue weighted by Gasteiger charge is 2.74. The lowest BCUT2D eigenvalue weighted by atomic mass is 9.57. The molecule has 3 fully saturated rings. The summed E-state index contributed by atoms with van der Waals surface area (Å²) in [7, 11) is 0. The molecule has 3 rings (SSSR count). The van der Waals surface area contributed by atoms with Crippen molar-refractivity contribution in [2.45, 2.75) is 65.4 Å². The predicted octanol–water partition coefficient (Wildman–Crippen LogP) is 2.97. The highest BCUT2D eigenvalue weighted by atomic mass is 16.3. The number of fused-ring (bicyclic) bond motifs is 1. The van der Waals surface area contributed by atoms with E-state index >= 15 is 0 Å². The molecule has 0 amide bonds. The predicted molar refractivity (Wildman–Crippen MR) is 72.1 cm³/mol. The minimum Gasteiger partial charge on any atom is -0.393 e. The molecule has 2 nitrogen and oxygen atoms in total. The van der Waals surface area contributed by atoms with Crippen molar-refractivity contribution in [3.8, 4) is 0 Å². The Morgan fingerprint density at radius 1 is 1.11 bits per heavy atom. The van der Waals surface area contributed by atoms with Crippen molar-refractivity contribution >= 4 is 0 Å². The van der Waals surface area contributed by atoms with Crippen molar-refractivity contribution in [2.24, 2.45) is 28.1 Å². The lowest BCUT2D eigenvalue weighted by molar-refractivity contribution is -0.116. The van der Waals surface area contributed by atoms with Gasteiger partial charge in [-0.25, -0.2) is 0 Å². The summed E-state index contributed by atoms with van der Waals surface area (Å²) in [5.74, 6) is 1.03. The van der Waals surface area contributed by atoms with Crippen LogP contribution in [0.15, 0.2) is 0 Å². The third-order valence-electron chi connectivity index (χ3n) is 7.91. The molecular formula is C16H28O2. The van der Waals surface area contributed by atoms with Gasteiger partial charge in [-0.15, -0.1) is 0 Å². The van der Waals surface area contributed by atoms with E-state index in [1.807, 2.05) is 0 Å². The Balaban J connectivity index is 2.13. The zero-order valence-corrected chi connectivity index (χ0v) is 12.3. The molecule has 104 valence electrons. The molecule has 1 spiro atoms. The number of aliphatic hydroxyl groups excluding tert-OH is 1. The summed E-state index contributed by atoms with van der Waals surface area (Å²) in [6.45, 7) is 9.47. The van der Waals surface area contributed by atoms with Gasteiger partial charge >= 0.3 is 0 Å². The van der Waals surface area contributed by atoms with Crippen LogP contribution in [0.1, 0.15) is 59.8 Å². The van der Waals surface area contributed by atoms with Gasteiger partial charge in [-0.2, -0.15) is 0 Å². The van der Waals surface area contributed by atoms with E-state index in [1.54, 1.807) is 0 Å². The standard InChI is InChI=1S/C16H28O2/c1-11-5-6-14(4)13(2,3)12-9-15(11,14)7-8-16(12,18)10-17/h11-12,17-18H,5-10H2,1-4H3/t11-,12-,14+,15+,16?/m1/s1. The average Bonchev–Trinajstić information content (AvgIpc) is 2.66. The molecular weight excluding hydrogens is 224 g/mol. The van der Waals surface area contributed by atoms with Crippen LogP contribution >= 0.6 is 0 Å². The van der Waals surface area contributed by atoms with Gasteiger partial charge in [0.25, 0.3) is 0 Å². The van der Waals surface area contributed by atoms with Gasteiger partial charge in [0.15, 0.2) is 0 Å². The first-order valence-electron chi connectivity index (χ1n) is 7.57. The lowest BCUT2D eigenvalue weighted by Crippen LogP contribution is -2.49. The number of hydrogen-bond donors (Lipinski definition) is 2. The van der Waals surface area contributed by atoms with Crippen LogP contribution < -0.4 is 0 Å². The molecule has 3 saturated carbocycles. The van der Waals surface area contributed by atoms with E-state index < -0.39 is 5.60 Å². The summed E-state index contributed by atoms with van der Waals surface area (Å²) >= 11 is 0. The molecule has 0 aromatic carbocycles. The monoisotopic (exact) mass is 252 g/mol. The molecule has 2 heteroatoms. The second-order valence-corrected chi connectivity index (χ2v) is 8.17. The smallest absolute Gasteiger partial charge is 0.0911 e. The zero-order chi connectivity index (χ0) is 13.4. The van der Waals surface area contributed by atoms with Crippen molar-refractivity contribution in [3.63, 3.8) is 0 Å². The summed E-state index contributed by atoms with van der Waals surface area (Å²) < 4.78 is 0. The van der Waals surface area contributed by atoms with Crippen LogP contribution in [0.25, 0.3) is 0 Å². The molecule has 2 N–H and O–H groups in total. The molecule has 0 heterocycles. The van der Waals surface area contributed by atoms with Crippen LogP contribution in [0, 0.1) is 28.1 Å². The third-order valence-corrected chi connectivity index (χ3v) is 7.91. The van der Waals surface area contributed by atoms with Gasteiger partial charge in [0.2, 0.25) is 0 Å². The van der Waals surface area contributed by atoms with Crippen LogP contribution in [-0.4, -0.2) is 22.4 Å². The van der Waals surface area contributed by atoms with Crippen molar-refractivity contribution < 1.29 is 10.2 Å². The quantitative estimate of drug-likeness (QED) is 0.753. The zero-order valence-electron chi connectivity index (χ0n) is 12.3. The first kappa shape index (κ1) is 12.9. The highest BCUT2D eigenvalue weighted by molar-refractivity contribution is 5.22. The van der Waals surface area contributed by atoms with Crippen LogP contribution in [0.4, 0.5) is 0 Å². The number of rotatable bonds is 1. The van der Waals surface area contributed by atoms with Crippen molar-refractivity contribution in [2.75, 3.05) is 6.61 Å². The molecule has 18 heavy (non-hydrogen) atoms. The maximum Gasteiger partial charge on any atom is 0.0911 e. The van der Waals surface area contributed by atoms with Gasteiger partial charge in [0.05, 0.1) is 12.2 Å². The Bertz CT molecular complexity index is 377. The normalized spacial score (nSPS) is 57.7. The van der Waals surface area contributed by atoms with Crippen LogP contribution in [0.3, 0.4) is 0 Å². The fourth-order valence-electron chi connectivity index (χ4n) is 6.26. The third kappa shape index (κ3) is 1.09. The van der Waals surface area contributed by atoms with E-state index in [0.717, 1.165) is 25.2 Å². The number of hydrogen-bond acceptors (Lipinski definition) is 2. The molecule has 3 aliphatic rings. The van der Waals surface area contributed by atoms with Crippen LogP contribution in [0.2, 0.25) is 0 Å². The molecule has 2 bridgehead atoms. The second kappa shape index (κ2) is 3.32. The maximum absolute atomic E-state index is 10.8. The Morgan fingerprint density at radius 3 is 2.39 bits per heavy atom. The summed E-state index contributed by atoms with van der Waals surface area (Å²) in [4.78, 5) is 0. The molecule has 0 aromatic rings. The first-order chi connectivity index (χ1) is 8.23. The van der Waals surface area contributed by atoms with Crippen molar-refractivity contribution in [1.82, 2.24) is 0 Å². The summed E-state index contributed by atoms with van der Waals surface area (Å²) in [6, 6.07) is 0. The molecule has 0 radical (unpaired) electrons. The molecule has 5 atom stereocenters.